The molecule has 1 fully saturated rings. The summed E-state index contributed by atoms with van der Waals surface area (Å²) in [6, 6.07) is 0.142. The SMILES string of the molecule is CCC1(C(=O)O)CCCN1C(C)C(C)OC. The topological polar surface area (TPSA) is 49.8 Å². The maximum absolute atomic E-state index is 11.5. The fraction of sp³-hybridized carbons (Fsp3) is 0.917. The van der Waals surface area contributed by atoms with Crippen LogP contribution < -0.4 is 0 Å². The molecule has 0 aromatic rings. The van der Waals surface area contributed by atoms with Crippen molar-refractivity contribution in [2.45, 2.75) is 57.7 Å². The zero-order chi connectivity index (χ0) is 12.3. The first-order chi connectivity index (χ1) is 7.49. The smallest absolute Gasteiger partial charge is 0.324 e. The van der Waals surface area contributed by atoms with Crippen LogP contribution in [0.2, 0.25) is 0 Å². The van der Waals surface area contributed by atoms with Gasteiger partial charge in [-0.25, -0.2) is 0 Å². The van der Waals surface area contributed by atoms with Crippen molar-refractivity contribution in [3.8, 4) is 0 Å². The molecule has 4 nitrogen and oxygen atoms in total. The van der Waals surface area contributed by atoms with Crippen molar-refractivity contribution in [1.29, 1.82) is 0 Å². The molecule has 1 aliphatic rings. The van der Waals surface area contributed by atoms with E-state index in [0.29, 0.717) is 6.42 Å². The van der Waals surface area contributed by atoms with Gasteiger partial charge in [-0.15, -0.1) is 0 Å². The monoisotopic (exact) mass is 229 g/mol. The van der Waals surface area contributed by atoms with Gasteiger partial charge in [0.15, 0.2) is 0 Å². The zero-order valence-corrected chi connectivity index (χ0v) is 10.7. The molecule has 16 heavy (non-hydrogen) atoms. The summed E-state index contributed by atoms with van der Waals surface area (Å²) in [5.41, 5.74) is -0.674. The van der Waals surface area contributed by atoms with Gasteiger partial charge in [-0.05, 0) is 39.7 Å². The van der Waals surface area contributed by atoms with Crippen molar-refractivity contribution in [1.82, 2.24) is 4.90 Å². The van der Waals surface area contributed by atoms with Crippen molar-refractivity contribution in [2.75, 3.05) is 13.7 Å². The van der Waals surface area contributed by atoms with Crippen LogP contribution in [0.4, 0.5) is 0 Å². The molecule has 0 saturated carbocycles. The molecule has 3 unspecified atom stereocenters. The van der Waals surface area contributed by atoms with Crippen LogP contribution in [0.5, 0.6) is 0 Å². The number of ether oxygens (including phenoxy) is 1. The van der Waals surface area contributed by atoms with E-state index in [-0.39, 0.29) is 12.1 Å². The summed E-state index contributed by atoms with van der Waals surface area (Å²) in [5, 5.41) is 9.46. The third kappa shape index (κ3) is 2.09. The molecule has 1 rings (SSSR count). The maximum Gasteiger partial charge on any atom is 0.324 e. The summed E-state index contributed by atoms with van der Waals surface area (Å²) in [5.74, 6) is -0.692. The van der Waals surface area contributed by atoms with Crippen LogP contribution in [0, 0.1) is 0 Å². The molecule has 3 atom stereocenters. The number of likely N-dealkylation sites (tertiary alicyclic amines) is 1. The van der Waals surface area contributed by atoms with Gasteiger partial charge in [0.25, 0.3) is 0 Å². The van der Waals surface area contributed by atoms with Gasteiger partial charge >= 0.3 is 5.97 Å². The predicted octanol–water partition coefficient (Wildman–Crippen LogP) is 1.74. The van der Waals surface area contributed by atoms with Gasteiger partial charge in [0.1, 0.15) is 5.54 Å². The van der Waals surface area contributed by atoms with E-state index in [0.717, 1.165) is 19.4 Å². The minimum absolute atomic E-state index is 0.0587. The molecule has 0 amide bonds. The number of nitrogens with zero attached hydrogens (tertiary/aromatic N) is 1. The van der Waals surface area contributed by atoms with Crippen molar-refractivity contribution in [3.63, 3.8) is 0 Å². The Labute approximate surface area is 97.6 Å². The van der Waals surface area contributed by atoms with Gasteiger partial charge in [0.05, 0.1) is 6.10 Å². The van der Waals surface area contributed by atoms with E-state index >= 15 is 0 Å². The first-order valence-electron chi connectivity index (χ1n) is 6.02. The van der Waals surface area contributed by atoms with Crippen LogP contribution in [0.25, 0.3) is 0 Å². The number of aliphatic carboxylic acids is 1. The number of methoxy groups -OCH3 is 1. The number of carbonyl (C=O) groups is 1. The Morgan fingerprint density at radius 1 is 1.56 bits per heavy atom. The second kappa shape index (κ2) is 5.15. The third-order valence-corrected chi connectivity index (χ3v) is 4.06. The molecule has 1 N–H and O–H groups in total. The second-order valence-electron chi connectivity index (χ2n) is 4.67. The van der Waals surface area contributed by atoms with Crippen LogP contribution in [0.1, 0.15) is 40.0 Å². The van der Waals surface area contributed by atoms with E-state index in [2.05, 4.69) is 4.90 Å². The van der Waals surface area contributed by atoms with Crippen LogP contribution in [-0.2, 0) is 9.53 Å². The Kier molecular flexibility index (Phi) is 4.33. The van der Waals surface area contributed by atoms with Crippen LogP contribution in [0.3, 0.4) is 0 Å². The first-order valence-corrected chi connectivity index (χ1v) is 6.02. The Balaban J connectivity index is 2.90. The minimum atomic E-state index is -0.692. The van der Waals surface area contributed by atoms with Crippen LogP contribution >= 0.6 is 0 Å². The molecular formula is C12H23NO3. The highest BCUT2D eigenvalue weighted by Crippen LogP contribution is 2.35. The average molecular weight is 229 g/mol. The summed E-state index contributed by atoms with van der Waals surface area (Å²) in [6.07, 6.45) is 2.42. The lowest BCUT2D eigenvalue weighted by molar-refractivity contribution is -0.153. The summed E-state index contributed by atoms with van der Waals surface area (Å²) < 4.78 is 5.31. The summed E-state index contributed by atoms with van der Waals surface area (Å²) in [7, 11) is 1.67. The number of hydrogen-bond donors (Lipinski definition) is 1. The van der Waals surface area contributed by atoms with Gasteiger partial charge < -0.3 is 9.84 Å². The Bertz CT molecular complexity index is 257. The number of hydrogen-bond acceptors (Lipinski definition) is 3. The first kappa shape index (κ1) is 13.5. The van der Waals surface area contributed by atoms with E-state index in [1.165, 1.54) is 0 Å². The molecule has 94 valence electrons. The maximum atomic E-state index is 11.5. The fourth-order valence-corrected chi connectivity index (χ4v) is 2.70. The van der Waals surface area contributed by atoms with Crippen molar-refractivity contribution in [3.05, 3.63) is 0 Å². The van der Waals surface area contributed by atoms with Crippen molar-refractivity contribution in [2.24, 2.45) is 0 Å². The highest BCUT2D eigenvalue weighted by molar-refractivity contribution is 5.79. The van der Waals surface area contributed by atoms with Gasteiger partial charge in [-0.3, -0.25) is 9.69 Å². The van der Waals surface area contributed by atoms with Gasteiger partial charge in [0, 0.05) is 13.2 Å². The molecule has 0 aliphatic carbocycles. The van der Waals surface area contributed by atoms with E-state index in [9.17, 15) is 9.90 Å². The Hall–Kier alpha value is -0.610. The molecule has 0 radical (unpaired) electrons. The summed E-state index contributed by atoms with van der Waals surface area (Å²) >= 11 is 0. The lowest BCUT2D eigenvalue weighted by Crippen LogP contribution is -2.56. The molecule has 0 aromatic carbocycles. The molecule has 0 bridgehead atoms. The molecule has 0 spiro atoms. The Morgan fingerprint density at radius 3 is 2.62 bits per heavy atom. The minimum Gasteiger partial charge on any atom is -0.480 e. The number of rotatable bonds is 5. The lowest BCUT2D eigenvalue weighted by atomic mass is 9.91. The molecule has 1 aliphatic heterocycles. The standard InChI is InChI=1S/C12H23NO3/c1-5-12(11(14)15)7-6-8-13(12)9(2)10(3)16-4/h9-10H,5-8H2,1-4H3,(H,14,15). The van der Waals surface area contributed by atoms with E-state index in [4.69, 9.17) is 4.74 Å². The van der Waals surface area contributed by atoms with Gasteiger partial charge in [-0.2, -0.15) is 0 Å². The molecule has 1 heterocycles. The summed E-state index contributed by atoms with van der Waals surface area (Å²) in [4.78, 5) is 13.6. The Morgan fingerprint density at radius 2 is 2.19 bits per heavy atom. The highest BCUT2D eigenvalue weighted by Gasteiger charge is 2.48. The second-order valence-corrected chi connectivity index (χ2v) is 4.67. The molecule has 1 saturated heterocycles. The van der Waals surface area contributed by atoms with Crippen LogP contribution in [0.15, 0.2) is 0 Å². The van der Waals surface area contributed by atoms with E-state index in [1.807, 2.05) is 20.8 Å². The van der Waals surface area contributed by atoms with Gasteiger partial charge in [0.2, 0.25) is 0 Å². The average Bonchev–Trinajstić information content (AvgIpc) is 2.71. The van der Waals surface area contributed by atoms with E-state index < -0.39 is 11.5 Å². The van der Waals surface area contributed by atoms with E-state index in [1.54, 1.807) is 7.11 Å². The fourth-order valence-electron chi connectivity index (χ4n) is 2.70. The zero-order valence-electron chi connectivity index (χ0n) is 10.7. The normalized spacial score (nSPS) is 30.2. The largest absolute Gasteiger partial charge is 0.480 e. The molecule has 4 heteroatoms. The predicted molar refractivity (Wildman–Crippen MR) is 62.5 cm³/mol. The van der Waals surface area contributed by atoms with Crippen molar-refractivity contribution < 1.29 is 14.6 Å². The number of carboxylic acid groups (broad SMARTS) is 1. The summed E-state index contributed by atoms with van der Waals surface area (Å²) in [6.45, 7) is 6.85. The quantitative estimate of drug-likeness (QED) is 0.780. The van der Waals surface area contributed by atoms with Crippen LogP contribution in [-0.4, -0.2) is 47.3 Å². The molecule has 0 aromatic heterocycles. The lowest BCUT2D eigenvalue weighted by Gasteiger charge is -2.40. The third-order valence-electron chi connectivity index (χ3n) is 4.06. The molecular weight excluding hydrogens is 206 g/mol. The van der Waals surface area contributed by atoms with Crippen molar-refractivity contribution >= 4 is 5.97 Å². The number of carboxylic acids is 1. The van der Waals surface area contributed by atoms with Gasteiger partial charge in [-0.1, -0.05) is 6.92 Å². The highest BCUT2D eigenvalue weighted by atomic mass is 16.5.